The van der Waals surface area contributed by atoms with Crippen LogP contribution in [0.5, 0.6) is 0 Å². The van der Waals surface area contributed by atoms with Crippen molar-refractivity contribution in [1.29, 1.82) is 0 Å². The van der Waals surface area contributed by atoms with E-state index in [9.17, 15) is 53.1 Å². The molecule has 0 spiro atoms. The minimum Gasteiger partial charge on any atom is -0.465 e. The van der Waals surface area contributed by atoms with E-state index in [1.807, 2.05) is 0 Å². The molecule has 4 bridgehead atoms. The molecule has 4 aliphatic carbocycles. The molecule has 4 saturated carbocycles. The predicted octanol–water partition coefficient (Wildman–Crippen LogP) is 3.00. The van der Waals surface area contributed by atoms with E-state index < -0.39 is 64.8 Å². The van der Waals surface area contributed by atoms with Crippen LogP contribution in [-0.4, -0.2) is 50.6 Å². The van der Waals surface area contributed by atoms with Crippen LogP contribution in [0.4, 0.5) is 26.3 Å². The van der Waals surface area contributed by atoms with Gasteiger partial charge in [-0.2, -0.15) is 26.3 Å². The van der Waals surface area contributed by atoms with Crippen LogP contribution in [0.2, 0.25) is 0 Å². The zero-order chi connectivity index (χ0) is 24.5. The van der Waals surface area contributed by atoms with Crippen molar-refractivity contribution >= 4 is 25.6 Å². The Hall–Kier alpha value is -1.09. The lowest BCUT2D eigenvalue weighted by Gasteiger charge is -2.58. The van der Waals surface area contributed by atoms with Gasteiger partial charge < -0.3 is 9.84 Å². The number of carbonyl (C=O) groups excluding carboxylic acids is 1. The predicted molar refractivity (Wildman–Crippen MR) is 95.4 cm³/mol. The normalized spacial score (nSPS) is 34.0. The summed E-state index contributed by atoms with van der Waals surface area (Å²) in [4.78, 5) is 12.8. The van der Waals surface area contributed by atoms with E-state index in [2.05, 4.69) is 0 Å². The van der Waals surface area contributed by atoms with Gasteiger partial charge in [-0.05, 0) is 57.3 Å². The van der Waals surface area contributed by atoms with E-state index in [1.165, 1.54) is 0 Å². The van der Waals surface area contributed by atoms with Crippen molar-refractivity contribution in [2.45, 2.75) is 74.6 Å². The number of aliphatic hydroxyl groups is 1. The number of esters is 1. The van der Waals surface area contributed by atoms with Crippen LogP contribution in [0.25, 0.3) is 0 Å². The van der Waals surface area contributed by atoms with Gasteiger partial charge in [-0.3, -0.25) is 21.6 Å². The maximum Gasteiger partial charge on any atom is 0.469 e. The summed E-state index contributed by atoms with van der Waals surface area (Å²) in [6, 6.07) is 0. The average Bonchev–Trinajstić information content (AvgIpc) is 2.55. The van der Waals surface area contributed by atoms with Crippen LogP contribution in [0, 0.1) is 21.8 Å². The van der Waals surface area contributed by atoms with E-state index in [0.29, 0.717) is 25.7 Å². The number of hydrogen-bond acceptors (Lipinski definition) is 7. The standard InChI is InChI=1S/C17H21F6O7S2/c1-9(2-12(31(26,27)16(18,19)20)32(28,29)17(21,22)23)30-13(24)14-4-10-3-11(5-14)7-15(25,6-10)8-14/h9-11,25H,2-8H2,1H3/q-1. The molecule has 0 amide bonds. The smallest absolute Gasteiger partial charge is 0.465 e. The summed E-state index contributed by atoms with van der Waals surface area (Å²) in [5.74, 6) is -0.990. The lowest BCUT2D eigenvalue weighted by atomic mass is 9.48. The number of rotatable bonds is 6. The molecule has 3 atom stereocenters. The number of alkyl halides is 6. The molecule has 0 saturated heterocycles. The third-order valence-electron chi connectivity index (χ3n) is 6.43. The van der Waals surface area contributed by atoms with Gasteiger partial charge >= 0.3 is 17.0 Å². The zero-order valence-electron chi connectivity index (χ0n) is 16.7. The maximum absolute atomic E-state index is 12.9. The monoisotopic (exact) mass is 515 g/mol. The van der Waals surface area contributed by atoms with Crippen molar-refractivity contribution in [2.24, 2.45) is 17.3 Å². The Kier molecular flexibility index (Phi) is 5.95. The Morgan fingerprint density at radius 2 is 1.44 bits per heavy atom. The van der Waals surface area contributed by atoms with Crippen molar-refractivity contribution in [1.82, 2.24) is 0 Å². The molecule has 0 aliphatic heterocycles. The lowest BCUT2D eigenvalue weighted by Crippen LogP contribution is -2.58. The van der Waals surface area contributed by atoms with Crippen LogP contribution in [0.15, 0.2) is 0 Å². The van der Waals surface area contributed by atoms with Gasteiger partial charge in [-0.15, -0.1) is 6.42 Å². The first-order chi connectivity index (χ1) is 14.2. The minimum atomic E-state index is -6.89. The summed E-state index contributed by atoms with van der Waals surface area (Å²) in [5.41, 5.74) is -14.9. The largest absolute Gasteiger partial charge is 0.469 e. The van der Waals surface area contributed by atoms with E-state index in [1.54, 1.807) is 0 Å². The van der Waals surface area contributed by atoms with Gasteiger partial charge in [0.2, 0.25) is 0 Å². The second-order valence-corrected chi connectivity index (χ2v) is 13.3. The fraction of sp³-hybridized carbons (Fsp3) is 0.882. The van der Waals surface area contributed by atoms with Crippen molar-refractivity contribution < 1.29 is 57.8 Å². The first kappa shape index (κ1) is 25.5. The Morgan fingerprint density at radius 1 is 1.00 bits per heavy atom. The summed E-state index contributed by atoms with van der Waals surface area (Å²) in [5, 5.41) is 10.7. The SMILES string of the molecule is CC(C[C-](S(=O)(=O)C(F)(F)F)S(=O)(=O)C(F)(F)F)OC(=O)C12CC3CC(CC(O)(C3)C1)C2. The average molecular weight is 515 g/mol. The van der Waals surface area contributed by atoms with E-state index in [4.69, 9.17) is 4.74 Å². The van der Waals surface area contributed by atoms with Crippen LogP contribution in [0.1, 0.15) is 51.9 Å². The van der Waals surface area contributed by atoms with E-state index in [-0.39, 0.29) is 18.3 Å². The van der Waals surface area contributed by atoms with Gasteiger partial charge in [0.05, 0.1) is 17.1 Å². The summed E-state index contributed by atoms with van der Waals surface area (Å²) >= 11 is 0. The Bertz CT molecular complexity index is 928. The topological polar surface area (TPSA) is 115 Å². The van der Waals surface area contributed by atoms with Crippen LogP contribution < -0.4 is 0 Å². The number of sulfone groups is 2. The molecule has 0 aromatic heterocycles. The Labute approximate surface area is 180 Å². The highest BCUT2D eigenvalue weighted by atomic mass is 32.3. The molecule has 0 heterocycles. The molecule has 0 aromatic rings. The fourth-order valence-electron chi connectivity index (χ4n) is 5.66. The van der Waals surface area contributed by atoms with Crippen LogP contribution in [-0.2, 0) is 29.2 Å². The summed E-state index contributed by atoms with van der Waals surface area (Å²) in [7, 11) is -13.8. The quantitative estimate of drug-likeness (QED) is 0.329. The molecule has 4 rings (SSSR count). The molecular weight excluding hydrogens is 494 g/mol. The summed E-state index contributed by atoms with van der Waals surface area (Å²) < 4.78 is 126. The van der Waals surface area contributed by atoms with Crippen LogP contribution >= 0.6 is 0 Å². The molecule has 0 aromatic carbocycles. The van der Waals surface area contributed by atoms with Crippen molar-refractivity contribution in [3.05, 3.63) is 4.58 Å². The molecular formula is C17H21F6O7S2-. The molecule has 1 N–H and O–H groups in total. The molecule has 7 nitrogen and oxygen atoms in total. The van der Waals surface area contributed by atoms with Gasteiger partial charge in [0.25, 0.3) is 0 Å². The van der Waals surface area contributed by atoms with Crippen LogP contribution in [0.3, 0.4) is 0 Å². The molecule has 186 valence electrons. The second-order valence-electron chi connectivity index (χ2n) is 9.16. The highest BCUT2D eigenvalue weighted by molar-refractivity contribution is 8.13. The number of carbonyl (C=O) groups is 1. The van der Waals surface area contributed by atoms with E-state index in [0.717, 1.165) is 13.3 Å². The molecule has 3 unspecified atom stereocenters. The molecule has 4 aliphatic rings. The van der Waals surface area contributed by atoms with Gasteiger partial charge in [0.1, 0.15) is 19.7 Å². The second kappa shape index (κ2) is 7.45. The van der Waals surface area contributed by atoms with Gasteiger partial charge in [0.15, 0.2) is 0 Å². The van der Waals surface area contributed by atoms with E-state index >= 15 is 0 Å². The minimum absolute atomic E-state index is 0.00226. The fourth-order valence-corrected chi connectivity index (χ4v) is 8.81. The maximum atomic E-state index is 12.9. The molecule has 4 fully saturated rings. The van der Waals surface area contributed by atoms with Crippen molar-refractivity contribution in [2.75, 3.05) is 0 Å². The summed E-state index contributed by atoms with van der Waals surface area (Å²) in [6.45, 7) is 0.810. The number of halogens is 6. The highest BCUT2D eigenvalue weighted by Gasteiger charge is 2.61. The first-order valence-corrected chi connectivity index (χ1v) is 12.6. The molecule has 32 heavy (non-hydrogen) atoms. The van der Waals surface area contributed by atoms with Crippen molar-refractivity contribution in [3.63, 3.8) is 0 Å². The van der Waals surface area contributed by atoms with Crippen molar-refractivity contribution in [3.8, 4) is 0 Å². The molecule has 15 heteroatoms. The van der Waals surface area contributed by atoms with Gasteiger partial charge in [-0.1, -0.05) is 4.58 Å². The third kappa shape index (κ3) is 4.24. The van der Waals surface area contributed by atoms with Gasteiger partial charge in [0, 0.05) is 0 Å². The molecule has 0 radical (unpaired) electrons. The third-order valence-corrected chi connectivity index (χ3v) is 10.5. The summed E-state index contributed by atoms with van der Waals surface area (Å²) in [6.07, 6.45) is -1.39. The Balaban J connectivity index is 1.83. The lowest BCUT2D eigenvalue weighted by molar-refractivity contribution is -0.199. The Morgan fingerprint density at radius 3 is 1.81 bits per heavy atom. The van der Waals surface area contributed by atoms with Gasteiger partial charge in [-0.25, -0.2) is 0 Å². The number of ether oxygens (including phenoxy) is 1. The first-order valence-electron chi connectivity index (χ1n) is 9.64. The number of hydrogen-bond donors (Lipinski definition) is 1. The highest BCUT2D eigenvalue weighted by Crippen LogP contribution is 2.62. The zero-order valence-corrected chi connectivity index (χ0v) is 18.3.